The molecule has 3 saturated heterocycles. The lowest BCUT2D eigenvalue weighted by Crippen LogP contribution is -2.49. The zero-order valence-electron chi connectivity index (χ0n) is 20.4. The fraction of sp³-hybridized carbons (Fsp3) is 0.654. The van der Waals surface area contributed by atoms with Crippen LogP contribution in [-0.2, 0) is 4.74 Å². The average Bonchev–Trinajstić information content (AvgIpc) is 2.88. The van der Waals surface area contributed by atoms with Crippen molar-refractivity contribution in [3.8, 4) is 0 Å². The first-order valence-electron chi connectivity index (χ1n) is 12.7. The number of likely N-dealkylation sites (N-methyl/N-ethyl adjacent to an activating group) is 1. The number of aliphatic imine (C=N–C) groups is 1. The maximum Gasteiger partial charge on any atom is 0.0594 e. The van der Waals surface area contributed by atoms with Gasteiger partial charge in [-0.2, -0.15) is 0 Å². The molecule has 0 bridgehead atoms. The van der Waals surface area contributed by atoms with E-state index in [-0.39, 0.29) is 0 Å². The van der Waals surface area contributed by atoms with E-state index in [1.165, 1.54) is 31.6 Å². The summed E-state index contributed by atoms with van der Waals surface area (Å²) in [6.45, 7) is 12.8. The highest BCUT2D eigenvalue weighted by Gasteiger charge is 2.25. The molecule has 0 amide bonds. The van der Waals surface area contributed by atoms with Crippen LogP contribution in [0, 0.1) is 0 Å². The van der Waals surface area contributed by atoms with Crippen LogP contribution in [0.3, 0.4) is 0 Å². The summed E-state index contributed by atoms with van der Waals surface area (Å²) in [5.41, 5.74) is 9.33. The van der Waals surface area contributed by atoms with Crippen molar-refractivity contribution in [3.63, 3.8) is 0 Å². The van der Waals surface area contributed by atoms with E-state index in [4.69, 9.17) is 10.5 Å². The van der Waals surface area contributed by atoms with Crippen LogP contribution < -0.4 is 10.6 Å². The van der Waals surface area contributed by atoms with E-state index in [9.17, 15) is 0 Å². The Hall–Kier alpha value is -1.93. The van der Waals surface area contributed by atoms with Crippen molar-refractivity contribution in [1.82, 2.24) is 14.7 Å². The maximum absolute atomic E-state index is 5.92. The molecule has 4 rings (SSSR count). The largest absolute Gasteiger partial charge is 0.404 e. The first-order valence-corrected chi connectivity index (χ1v) is 12.7. The molecular formula is C26H42N6O. The summed E-state index contributed by atoms with van der Waals surface area (Å²) in [7, 11) is 2.19. The number of allylic oxidation sites excluding steroid dienone is 1. The minimum atomic E-state index is 0.753. The second kappa shape index (κ2) is 12.5. The van der Waals surface area contributed by atoms with Gasteiger partial charge in [-0.1, -0.05) is 12.1 Å². The highest BCUT2D eigenvalue weighted by Crippen LogP contribution is 2.21. The second-order valence-corrected chi connectivity index (χ2v) is 9.57. The molecule has 3 heterocycles. The van der Waals surface area contributed by atoms with Crippen LogP contribution in [0.1, 0.15) is 24.8 Å². The molecular weight excluding hydrogens is 412 g/mol. The molecule has 0 unspecified atom stereocenters. The van der Waals surface area contributed by atoms with Crippen LogP contribution in [0.5, 0.6) is 0 Å². The minimum absolute atomic E-state index is 0.753. The zero-order valence-corrected chi connectivity index (χ0v) is 20.4. The van der Waals surface area contributed by atoms with E-state index in [1.807, 2.05) is 6.21 Å². The van der Waals surface area contributed by atoms with Gasteiger partial charge in [-0.25, -0.2) is 0 Å². The molecule has 7 nitrogen and oxygen atoms in total. The number of likely N-dealkylation sites (tertiary alicyclic amines) is 1. The van der Waals surface area contributed by atoms with Gasteiger partial charge in [0.05, 0.1) is 13.2 Å². The quantitative estimate of drug-likeness (QED) is 0.479. The predicted molar refractivity (Wildman–Crippen MR) is 138 cm³/mol. The lowest BCUT2D eigenvalue weighted by Gasteiger charge is -2.40. The van der Waals surface area contributed by atoms with Crippen molar-refractivity contribution in [2.75, 3.05) is 90.6 Å². The summed E-state index contributed by atoms with van der Waals surface area (Å²) in [6, 6.07) is 9.49. The third-order valence-corrected chi connectivity index (χ3v) is 7.36. The Morgan fingerprint density at radius 2 is 1.70 bits per heavy atom. The first kappa shape index (κ1) is 24.2. The van der Waals surface area contributed by atoms with Gasteiger partial charge in [0.1, 0.15) is 0 Å². The molecule has 0 atom stereocenters. The van der Waals surface area contributed by atoms with Crippen LogP contribution in [0.2, 0.25) is 0 Å². The Kier molecular flexibility index (Phi) is 9.17. The molecule has 182 valence electrons. The molecule has 0 spiro atoms. The highest BCUT2D eigenvalue weighted by atomic mass is 16.5. The number of benzene rings is 1. The van der Waals surface area contributed by atoms with Crippen molar-refractivity contribution < 1.29 is 4.74 Å². The summed E-state index contributed by atoms with van der Waals surface area (Å²) >= 11 is 0. The summed E-state index contributed by atoms with van der Waals surface area (Å²) in [6.07, 6.45) is 7.28. The topological polar surface area (TPSA) is 60.6 Å². The van der Waals surface area contributed by atoms with Gasteiger partial charge in [0.25, 0.3) is 0 Å². The van der Waals surface area contributed by atoms with Gasteiger partial charge in [0.15, 0.2) is 0 Å². The average molecular weight is 455 g/mol. The fourth-order valence-corrected chi connectivity index (χ4v) is 5.14. The molecule has 0 radical (unpaired) electrons. The number of ether oxygens (including phenoxy) is 1. The van der Waals surface area contributed by atoms with Gasteiger partial charge in [-0.3, -0.25) is 9.89 Å². The number of morpholine rings is 1. The number of rotatable bonds is 8. The molecule has 1 aromatic rings. The lowest BCUT2D eigenvalue weighted by atomic mass is 10.0. The van der Waals surface area contributed by atoms with Crippen molar-refractivity contribution in [2.24, 2.45) is 10.7 Å². The van der Waals surface area contributed by atoms with Gasteiger partial charge in [0.2, 0.25) is 0 Å². The first-order chi connectivity index (χ1) is 16.2. The Bertz CT molecular complexity index is 757. The van der Waals surface area contributed by atoms with Crippen molar-refractivity contribution in [1.29, 1.82) is 0 Å². The second-order valence-electron chi connectivity index (χ2n) is 9.57. The Morgan fingerprint density at radius 3 is 2.36 bits per heavy atom. The number of hydrogen-bond donors (Lipinski definition) is 1. The van der Waals surface area contributed by atoms with Crippen molar-refractivity contribution in [2.45, 2.75) is 25.3 Å². The summed E-state index contributed by atoms with van der Waals surface area (Å²) in [4.78, 5) is 14.7. The highest BCUT2D eigenvalue weighted by molar-refractivity contribution is 6.09. The summed E-state index contributed by atoms with van der Waals surface area (Å²) < 4.78 is 5.49. The number of nitrogens with zero attached hydrogens (tertiary/aromatic N) is 5. The maximum atomic E-state index is 5.92. The monoisotopic (exact) mass is 454 g/mol. The molecule has 3 aliphatic heterocycles. The number of nitrogens with two attached hydrogens (primary N) is 1. The number of piperazine rings is 1. The lowest BCUT2D eigenvalue weighted by molar-refractivity contribution is 0.000899. The van der Waals surface area contributed by atoms with E-state index >= 15 is 0 Å². The standard InChI is InChI=1S/C26H42N6O/c1-29-13-15-31(16-14-29)25-5-3-23(4-6-25)24(21-27)22-28-9-2-10-30-11-7-26(8-12-30)32-17-19-33-20-18-32/h3-6,21-22,26H,2,7-20,27H2,1H3/b24-21+,28-22?. The van der Waals surface area contributed by atoms with E-state index < -0.39 is 0 Å². The Labute approximate surface area is 199 Å². The third kappa shape index (κ3) is 7.03. The third-order valence-electron chi connectivity index (χ3n) is 7.36. The number of hydrogen-bond acceptors (Lipinski definition) is 7. The summed E-state index contributed by atoms with van der Waals surface area (Å²) in [5.74, 6) is 0. The number of anilines is 1. The molecule has 33 heavy (non-hydrogen) atoms. The van der Waals surface area contributed by atoms with Gasteiger partial charge in [-0.05, 0) is 63.6 Å². The van der Waals surface area contributed by atoms with E-state index in [0.717, 1.165) is 89.2 Å². The SMILES string of the molecule is CN1CCN(c2ccc(/C(C=NCCCN3CCC(N4CCOCC4)CC3)=C/N)cc2)CC1. The van der Waals surface area contributed by atoms with Crippen LogP contribution in [0.15, 0.2) is 35.5 Å². The normalized spacial score (nSPS) is 22.9. The van der Waals surface area contributed by atoms with Crippen molar-refractivity contribution >= 4 is 17.5 Å². The summed E-state index contributed by atoms with van der Waals surface area (Å²) in [5, 5.41) is 0. The Balaban J connectivity index is 1.16. The molecule has 3 aliphatic rings. The smallest absolute Gasteiger partial charge is 0.0594 e. The molecule has 1 aromatic carbocycles. The van der Waals surface area contributed by atoms with Crippen LogP contribution in [0.25, 0.3) is 5.57 Å². The van der Waals surface area contributed by atoms with Crippen LogP contribution in [0.4, 0.5) is 5.69 Å². The minimum Gasteiger partial charge on any atom is -0.404 e. The molecule has 7 heteroatoms. The van der Waals surface area contributed by atoms with Gasteiger partial charge >= 0.3 is 0 Å². The zero-order chi connectivity index (χ0) is 22.9. The van der Waals surface area contributed by atoms with E-state index in [1.54, 1.807) is 6.20 Å². The fourth-order valence-electron chi connectivity index (χ4n) is 5.14. The van der Waals surface area contributed by atoms with Crippen LogP contribution in [-0.4, -0.2) is 113 Å². The Morgan fingerprint density at radius 1 is 1.00 bits per heavy atom. The van der Waals surface area contributed by atoms with E-state index in [0.29, 0.717) is 0 Å². The molecule has 0 aliphatic carbocycles. The predicted octanol–water partition coefficient (Wildman–Crippen LogP) is 2.00. The molecule has 3 fully saturated rings. The van der Waals surface area contributed by atoms with Crippen molar-refractivity contribution in [3.05, 3.63) is 36.0 Å². The molecule has 0 saturated carbocycles. The van der Waals surface area contributed by atoms with Crippen LogP contribution >= 0.6 is 0 Å². The van der Waals surface area contributed by atoms with Gasteiger partial charge in [0, 0.05) is 75.5 Å². The number of piperidine rings is 1. The molecule has 0 aromatic heterocycles. The van der Waals surface area contributed by atoms with Gasteiger partial charge < -0.3 is 25.2 Å². The molecule has 2 N–H and O–H groups in total. The van der Waals surface area contributed by atoms with E-state index in [2.05, 4.69) is 55.9 Å². The van der Waals surface area contributed by atoms with Gasteiger partial charge in [-0.15, -0.1) is 0 Å².